The Hall–Kier alpha value is -2.43. The lowest BCUT2D eigenvalue weighted by atomic mass is 10.2. The van der Waals surface area contributed by atoms with E-state index in [1.54, 1.807) is 12.1 Å². The molecule has 2 N–H and O–H groups in total. The van der Waals surface area contributed by atoms with Crippen LogP contribution in [0.3, 0.4) is 0 Å². The first kappa shape index (κ1) is 9.77. The Morgan fingerprint density at radius 1 is 1.24 bits per heavy atom. The van der Waals surface area contributed by atoms with E-state index < -0.39 is 5.82 Å². The van der Waals surface area contributed by atoms with Crippen LogP contribution >= 0.6 is 0 Å². The van der Waals surface area contributed by atoms with Crippen LogP contribution in [0.15, 0.2) is 41.5 Å². The van der Waals surface area contributed by atoms with E-state index in [4.69, 9.17) is 0 Å². The van der Waals surface area contributed by atoms with Crippen LogP contribution in [0.4, 0.5) is 4.39 Å². The van der Waals surface area contributed by atoms with Gasteiger partial charge in [0.25, 0.3) is 0 Å². The molecule has 0 bridgehead atoms. The summed E-state index contributed by atoms with van der Waals surface area (Å²) in [6.45, 7) is 0. The summed E-state index contributed by atoms with van der Waals surface area (Å²) >= 11 is 0. The van der Waals surface area contributed by atoms with E-state index in [0.29, 0.717) is 16.9 Å². The Morgan fingerprint density at radius 2 is 2.12 bits per heavy atom. The lowest BCUT2D eigenvalue weighted by Gasteiger charge is -1.92. The maximum Gasteiger partial charge on any atom is 0.192 e. The van der Waals surface area contributed by atoms with Crippen LogP contribution in [0, 0.1) is 5.82 Å². The Balaban J connectivity index is 2.30. The number of rotatable bonds is 1. The molecule has 0 aliphatic carbocycles. The van der Waals surface area contributed by atoms with Gasteiger partial charge < -0.3 is 9.97 Å². The number of benzene rings is 1. The number of hydrogen-bond donors (Lipinski definition) is 2. The van der Waals surface area contributed by atoms with Crippen molar-refractivity contribution in [3.05, 3.63) is 52.7 Å². The number of aromatic amines is 2. The van der Waals surface area contributed by atoms with E-state index in [1.807, 2.05) is 0 Å². The van der Waals surface area contributed by atoms with Crippen molar-refractivity contribution in [2.45, 2.75) is 0 Å². The van der Waals surface area contributed by atoms with Gasteiger partial charge in [-0.05, 0) is 12.1 Å². The van der Waals surface area contributed by atoms with Crippen LogP contribution in [0.25, 0.3) is 22.4 Å². The van der Waals surface area contributed by atoms with Crippen molar-refractivity contribution in [2.24, 2.45) is 0 Å². The Labute approximate surface area is 95.1 Å². The molecule has 2 aromatic heterocycles. The van der Waals surface area contributed by atoms with Gasteiger partial charge in [-0.3, -0.25) is 4.79 Å². The van der Waals surface area contributed by atoms with Gasteiger partial charge in [0.15, 0.2) is 11.2 Å². The first-order chi connectivity index (χ1) is 8.25. The number of hydrogen-bond acceptors (Lipinski definition) is 2. The smallest absolute Gasteiger partial charge is 0.192 e. The molecule has 0 radical (unpaired) electrons. The first-order valence-electron chi connectivity index (χ1n) is 5.07. The van der Waals surface area contributed by atoms with E-state index in [0.717, 1.165) is 0 Å². The minimum Gasteiger partial charge on any atom is -0.367 e. The third-order valence-corrected chi connectivity index (χ3v) is 2.54. The average Bonchev–Trinajstić information content (AvgIpc) is 2.75. The van der Waals surface area contributed by atoms with Crippen molar-refractivity contribution in [3.63, 3.8) is 0 Å². The van der Waals surface area contributed by atoms with E-state index in [1.165, 1.54) is 24.5 Å². The number of fused-ring (bicyclic) bond motifs is 1. The molecule has 0 saturated carbocycles. The van der Waals surface area contributed by atoms with Gasteiger partial charge in [-0.25, -0.2) is 9.37 Å². The predicted molar refractivity (Wildman–Crippen MR) is 62.1 cm³/mol. The molecule has 0 saturated heterocycles. The molecule has 0 spiro atoms. The SMILES string of the molecule is O=c1cc[nH]cc1-c1nc2c(F)cccc2[nH]1. The number of nitrogens with one attached hydrogen (secondary N) is 2. The molecule has 4 nitrogen and oxygen atoms in total. The normalized spacial score (nSPS) is 10.9. The van der Waals surface area contributed by atoms with Gasteiger partial charge >= 0.3 is 0 Å². The van der Waals surface area contributed by atoms with E-state index >= 15 is 0 Å². The largest absolute Gasteiger partial charge is 0.367 e. The van der Waals surface area contributed by atoms with Crippen LogP contribution in [-0.4, -0.2) is 15.0 Å². The molecule has 0 amide bonds. The van der Waals surface area contributed by atoms with Crippen LogP contribution < -0.4 is 5.43 Å². The lowest BCUT2D eigenvalue weighted by Crippen LogP contribution is -2.03. The van der Waals surface area contributed by atoms with Gasteiger partial charge in [0.2, 0.25) is 0 Å². The van der Waals surface area contributed by atoms with Gasteiger partial charge in [-0.1, -0.05) is 6.07 Å². The number of imidazole rings is 1. The predicted octanol–water partition coefficient (Wildman–Crippen LogP) is 2.06. The van der Waals surface area contributed by atoms with Crippen molar-refractivity contribution in [1.29, 1.82) is 0 Å². The quantitative estimate of drug-likeness (QED) is 0.670. The van der Waals surface area contributed by atoms with Crippen LogP contribution in [0.1, 0.15) is 0 Å². The van der Waals surface area contributed by atoms with Crippen LogP contribution in [-0.2, 0) is 0 Å². The van der Waals surface area contributed by atoms with E-state index in [2.05, 4.69) is 15.0 Å². The molecule has 0 atom stereocenters. The average molecular weight is 229 g/mol. The van der Waals surface area contributed by atoms with Crippen molar-refractivity contribution < 1.29 is 4.39 Å². The highest BCUT2D eigenvalue weighted by molar-refractivity contribution is 5.79. The highest BCUT2D eigenvalue weighted by Gasteiger charge is 2.10. The summed E-state index contributed by atoms with van der Waals surface area (Å²) in [7, 11) is 0. The standard InChI is InChI=1S/C12H8FN3O/c13-8-2-1-3-9-11(8)16-12(15-9)7-6-14-5-4-10(7)17/h1-6H,(H,14,17)(H,15,16). The summed E-state index contributed by atoms with van der Waals surface area (Å²) in [4.78, 5) is 21.4. The molecular weight excluding hydrogens is 221 g/mol. The van der Waals surface area contributed by atoms with Gasteiger partial charge in [0, 0.05) is 18.5 Å². The fourth-order valence-electron chi connectivity index (χ4n) is 1.73. The van der Waals surface area contributed by atoms with Crippen molar-refractivity contribution >= 4 is 11.0 Å². The van der Waals surface area contributed by atoms with E-state index in [-0.39, 0.29) is 10.9 Å². The fraction of sp³-hybridized carbons (Fsp3) is 0. The molecular formula is C12H8FN3O. The summed E-state index contributed by atoms with van der Waals surface area (Å²) in [6.07, 6.45) is 3.08. The molecule has 0 unspecified atom stereocenters. The minimum absolute atomic E-state index is 0.164. The topological polar surface area (TPSA) is 61.5 Å². The van der Waals surface area contributed by atoms with Crippen molar-refractivity contribution in [1.82, 2.24) is 15.0 Å². The molecule has 84 valence electrons. The zero-order valence-electron chi connectivity index (χ0n) is 8.70. The number of H-pyrrole nitrogens is 2. The number of aromatic nitrogens is 3. The number of para-hydroxylation sites is 1. The maximum absolute atomic E-state index is 13.4. The summed E-state index contributed by atoms with van der Waals surface area (Å²) in [6, 6.07) is 6.04. The Bertz CT molecular complexity index is 745. The molecule has 0 fully saturated rings. The minimum atomic E-state index is -0.405. The van der Waals surface area contributed by atoms with Gasteiger partial charge in [-0.15, -0.1) is 0 Å². The molecule has 0 aliphatic heterocycles. The third kappa shape index (κ3) is 1.52. The molecule has 5 heteroatoms. The van der Waals surface area contributed by atoms with Crippen molar-refractivity contribution in [3.8, 4) is 11.4 Å². The maximum atomic E-state index is 13.4. The molecule has 2 heterocycles. The van der Waals surface area contributed by atoms with Crippen molar-refractivity contribution in [2.75, 3.05) is 0 Å². The highest BCUT2D eigenvalue weighted by atomic mass is 19.1. The number of nitrogens with zero attached hydrogens (tertiary/aromatic N) is 1. The van der Waals surface area contributed by atoms with Crippen LogP contribution in [0.2, 0.25) is 0 Å². The first-order valence-corrected chi connectivity index (χ1v) is 5.07. The second-order valence-electron chi connectivity index (χ2n) is 3.64. The third-order valence-electron chi connectivity index (χ3n) is 2.54. The fourth-order valence-corrected chi connectivity index (χ4v) is 1.73. The molecule has 1 aromatic carbocycles. The molecule has 0 aliphatic rings. The Morgan fingerprint density at radius 3 is 2.88 bits per heavy atom. The zero-order chi connectivity index (χ0) is 11.8. The molecule has 3 aromatic rings. The van der Waals surface area contributed by atoms with E-state index in [9.17, 15) is 9.18 Å². The van der Waals surface area contributed by atoms with Gasteiger partial charge in [0.05, 0.1) is 11.1 Å². The summed E-state index contributed by atoms with van der Waals surface area (Å²) in [5.41, 5.74) is 1.04. The second kappa shape index (κ2) is 3.55. The number of pyridine rings is 1. The van der Waals surface area contributed by atoms with Gasteiger partial charge in [-0.2, -0.15) is 0 Å². The van der Waals surface area contributed by atoms with Crippen LogP contribution in [0.5, 0.6) is 0 Å². The molecule has 17 heavy (non-hydrogen) atoms. The Kier molecular flexibility index (Phi) is 2.04. The highest BCUT2D eigenvalue weighted by Crippen LogP contribution is 2.19. The summed E-state index contributed by atoms with van der Waals surface area (Å²) < 4.78 is 13.4. The zero-order valence-corrected chi connectivity index (χ0v) is 8.70. The summed E-state index contributed by atoms with van der Waals surface area (Å²) in [5.74, 6) is -0.0377. The summed E-state index contributed by atoms with van der Waals surface area (Å²) in [5, 5.41) is 0. The number of halogens is 1. The lowest BCUT2D eigenvalue weighted by molar-refractivity contribution is 0.637. The molecule has 3 rings (SSSR count). The monoisotopic (exact) mass is 229 g/mol. The van der Waals surface area contributed by atoms with Gasteiger partial charge in [0.1, 0.15) is 11.3 Å². The second-order valence-corrected chi connectivity index (χ2v) is 3.64.